The highest BCUT2D eigenvalue weighted by atomic mass is 79.9. The minimum atomic E-state index is 0.578. The molecule has 3 rings (SSSR count). The topological polar surface area (TPSA) is 26.0 Å². The number of hydrogen-bond acceptors (Lipinski definition) is 2. The van der Waals surface area contributed by atoms with Gasteiger partial charge in [0.2, 0.25) is 0 Å². The Morgan fingerprint density at radius 2 is 1.93 bits per heavy atom. The van der Waals surface area contributed by atoms with Crippen molar-refractivity contribution in [1.82, 2.24) is 4.98 Å². The molecule has 0 radical (unpaired) electrons. The van der Waals surface area contributed by atoms with Gasteiger partial charge in [-0.2, -0.15) is 0 Å². The van der Waals surface area contributed by atoms with E-state index in [-0.39, 0.29) is 0 Å². The van der Waals surface area contributed by atoms with Crippen molar-refractivity contribution in [3.05, 3.63) is 40.9 Å². The summed E-state index contributed by atoms with van der Waals surface area (Å²) < 4.78 is 6.53. The average Bonchev–Trinajstić information content (AvgIpc) is 2.99. The number of benzene rings is 1. The second kappa shape index (κ2) is 3.49. The van der Waals surface area contributed by atoms with Crippen molar-refractivity contribution in [2.75, 3.05) is 0 Å². The van der Waals surface area contributed by atoms with Crippen LogP contribution in [0.1, 0.15) is 24.7 Å². The van der Waals surface area contributed by atoms with E-state index in [0.29, 0.717) is 5.92 Å². The maximum Gasteiger partial charge on any atom is 0.197 e. The summed E-state index contributed by atoms with van der Waals surface area (Å²) in [6, 6.07) is 8.11. The maximum absolute atomic E-state index is 5.45. The second-order valence-electron chi connectivity index (χ2n) is 3.85. The molecule has 0 saturated heterocycles. The van der Waals surface area contributed by atoms with Crippen LogP contribution >= 0.6 is 15.9 Å². The molecule has 0 amide bonds. The lowest BCUT2D eigenvalue weighted by Gasteiger charge is -1.94. The van der Waals surface area contributed by atoms with Crippen molar-refractivity contribution in [3.8, 4) is 11.3 Å². The Morgan fingerprint density at radius 3 is 2.60 bits per heavy atom. The molecular formula is C12H10BrNO. The van der Waals surface area contributed by atoms with Gasteiger partial charge in [0, 0.05) is 16.0 Å². The highest BCUT2D eigenvalue weighted by molar-refractivity contribution is 9.10. The van der Waals surface area contributed by atoms with E-state index in [0.717, 1.165) is 21.6 Å². The fourth-order valence-electron chi connectivity index (χ4n) is 1.56. The van der Waals surface area contributed by atoms with Crippen LogP contribution < -0.4 is 0 Å². The monoisotopic (exact) mass is 263 g/mol. The van der Waals surface area contributed by atoms with Crippen LogP contribution in [0.25, 0.3) is 11.3 Å². The fourth-order valence-corrected chi connectivity index (χ4v) is 1.82. The first kappa shape index (κ1) is 9.16. The van der Waals surface area contributed by atoms with Crippen LogP contribution in [0.3, 0.4) is 0 Å². The van der Waals surface area contributed by atoms with E-state index in [9.17, 15) is 0 Å². The summed E-state index contributed by atoms with van der Waals surface area (Å²) in [7, 11) is 0. The smallest absolute Gasteiger partial charge is 0.197 e. The van der Waals surface area contributed by atoms with Gasteiger partial charge in [0.05, 0.1) is 0 Å². The molecule has 1 saturated carbocycles. The first-order valence-corrected chi connectivity index (χ1v) is 5.83. The van der Waals surface area contributed by atoms with Gasteiger partial charge in [-0.05, 0) is 25.0 Å². The van der Waals surface area contributed by atoms with Crippen LogP contribution in [-0.4, -0.2) is 4.98 Å². The summed E-state index contributed by atoms with van der Waals surface area (Å²) in [6.45, 7) is 0. The van der Waals surface area contributed by atoms with E-state index < -0.39 is 0 Å². The molecule has 1 heterocycles. The molecule has 1 aliphatic carbocycles. The molecule has 0 spiro atoms. The lowest BCUT2D eigenvalue weighted by molar-refractivity contribution is 0.497. The van der Waals surface area contributed by atoms with Gasteiger partial charge in [-0.25, -0.2) is 4.98 Å². The Bertz CT molecular complexity index is 471. The van der Waals surface area contributed by atoms with Gasteiger partial charge in [-0.1, -0.05) is 28.1 Å². The van der Waals surface area contributed by atoms with E-state index >= 15 is 0 Å². The van der Waals surface area contributed by atoms with Crippen LogP contribution in [0.5, 0.6) is 0 Å². The Kier molecular flexibility index (Phi) is 2.13. The molecule has 1 aromatic heterocycles. The van der Waals surface area contributed by atoms with Crippen LogP contribution in [0, 0.1) is 0 Å². The molecule has 2 nitrogen and oxygen atoms in total. The average molecular weight is 264 g/mol. The van der Waals surface area contributed by atoms with Gasteiger partial charge < -0.3 is 4.42 Å². The summed E-state index contributed by atoms with van der Waals surface area (Å²) in [5, 5.41) is 0. The molecule has 15 heavy (non-hydrogen) atoms. The van der Waals surface area contributed by atoms with Gasteiger partial charge in [-0.15, -0.1) is 0 Å². The van der Waals surface area contributed by atoms with Crippen molar-refractivity contribution in [2.45, 2.75) is 18.8 Å². The Hall–Kier alpha value is -1.09. The van der Waals surface area contributed by atoms with Gasteiger partial charge >= 0.3 is 0 Å². The zero-order chi connectivity index (χ0) is 10.3. The zero-order valence-electron chi connectivity index (χ0n) is 8.11. The Balaban J connectivity index is 1.93. The van der Waals surface area contributed by atoms with Gasteiger partial charge in [0.1, 0.15) is 12.0 Å². The van der Waals surface area contributed by atoms with Crippen molar-refractivity contribution >= 4 is 15.9 Å². The number of aromatic nitrogens is 1. The summed E-state index contributed by atoms with van der Waals surface area (Å²) in [5.74, 6) is 1.47. The summed E-state index contributed by atoms with van der Waals surface area (Å²) in [4.78, 5) is 4.49. The van der Waals surface area contributed by atoms with E-state index in [2.05, 4.69) is 20.9 Å². The fraction of sp³-hybridized carbons (Fsp3) is 0.250. The number of nitrogens with zero attached hydrogens (tertiary/aromatic N) is 1. The first-order chi connectivity index (χ1) is 7.33. The van der Waals surface area contributed by atoms with Gasteiger partial charge in [-0.3, -0.25) is 0 Å². The van der Waals surface area contributed by atoms with Crippen molar-refractivity contribution < 1.29 is 4.42 Å². The second-order valence-corrected chi connectivity index (χ2v) is 4.77. The molecule has 0 N–H and O–H groups in total. The van der Waals surface area contributed by atoms with E-state index in [4.69, 9.17) is 4.42 Å². The third-order valence-electron chi connectivity index (χ3n) is 2.59. The highest BCUT2D eigenvalue weighted by Gasteiger charge is 2.28. The molecule has 0 bridgehead atoms. The van der Waals surface area contributed by atoms with E-state index in [1.807, 2.05) is 24.3 Å². The number of rotatable bonds is 2. The summed E-state index contributed by atoms with van der Waals surface area (Å²) >= 11 is 3.41. The standard InChI is InChI=1S/C12H10BrNO/c13-10-5-3-8(4-6-10)11-7-15-12(14-11)9-1-2-9/h3-7,9H,1-2H2. The molecule has 0 atom stereocenters. The SMILES string of the molecule is Brc1ccc(-c2coc(C3CC3)n2)cc1. The molecule has 1 aromatic carbocycles. The minimum Gasteiger partial charge on any atom is -0.448 e. The van der Waals surface area contributed by atoms with E-state index in [1.165, 1.54) is 12.8 Å². The van der Waals surface area contributed by atoms with Crippen molar-refractivity contribution in [3.63, 3.8) is 0 Å². The lowest BCUT2D eigenvalue weighted by Crippen LogP contribution is -1.80. The lowest BCUT2D eigenvalue weighted by atomic mass is 10.2. The Morgan fingerprint density at radius 1 is 1.20 bits per heavy atom. The number of hydrogen-bond donors (Lipinski definition) is 0. The minimum absolute atomic E-state index is 0.578. The molecule has 3 heteroatoms. The van der Waals surface area contributed by atoms with E-state index in [1.54, 1.807) is 6.26 Å². The summed E-state index contributed by atoms with van der Waals surface area (Å²) in [6.07, 6.45) is 4.19. The van der Waals surface area contributed by atoms with Crippen molar-refractivity contribution in [1.29, 1.82) is 0 Å². The largest absolute Gasteiger partial charge is 0.448 e. The first-order valence-electron chi connectivity index (χ1n) is 5.04. The molecule has 0 unspecified atom stereocenters. The Labute approximate surface area is 96.5 Å². The zero-order valence-corrected chi connectivity index (χ0v) is 9.70. The van der Waals surface area contributed by atoms with Crippen LogP contribution in [0.15, 0.2) is 39.4 Å². The number of halogens is 1. The highest BCUT2D eigenvalue weighted by Crippen LogP contribution is 2.40. The third kappa shape index (κ3) is 1.84. The van der Waals surface area contributed by atoms with Crippen LogP contribution in [0.4, 0.5) is 0 Å². The summed E-state index contributed by atoms with van der Waals surface area (Å²) in [5.41, 5.74) is 2.04. The predicted octanol–water partition coefficient (Wildman–Crippen LogP) is 3.98. The molecule has 2 aromatic rings. The molecule has 0 aliphatic heterocycles. The van der Waals surface area contributed by atoms with Gasteiger partial charge in [0.25, 0.3) is 0 Å². The predicted molar refractivity (Wildman–Crippen MR) is 61.6 cm³/mol. The third-order valence-corrected chi connectivity index (χ3v) is 3.12. The maximum atomic E-state index is 5.45. The number of oxazole rings is 1. The molecule has 1 aliphatic rings. The normalized spacial score (nSPS) is 15.5. The van der Waals surface area contributed by atoms with Gasteiger partial charge in [0.15, 0.2) is 5.89 Å². The molecule has 76 valence electrons. The van der Waals surface area contributed by atoms with Crippen molar-refractivity contribution in [2.24, 2.45) is 0 Å². The molecular weight excluding hydrogens is 254 g/mol. The van der Waals surface area contributed by atoms with Crippen LogP contribution in [-0.2, 0) is 0 Å². The molecule has 1 fully saturated rings. The van der Waals surface area contributed by atoms with Crippen LogP contribution in [0.2, 0.25) is 0 Å². The quantitative estimate of drug-likeness (QED) is 0.819.